The van der Waals surface area contributed by atoms with E-state index in [0.29, 0.717) is 23.7 Å². The highest BCUT2D eigenvalue weighted by molar-refractivity contribution is 7.99. The van der Waals surface area contributed by atoms with Gasteiger partial charge in [0, 0.05) is 19.0 Å². The van der Waals surface area contributed by atoms with Crippen LogP contribution in [0.5, 0.6) is 11.6 Å². The summed E-state index contributed by atoms with van der Waals surface area (Å²) in [6.45, 7) is 2.32. The summed E-state index contributed by atoms with van der Waals surface area (Å²) in [6, 6.07) is 1.87. The van der Waals surface area contributed by atoms with Gasteiger partial charge in [0.2, 0.25) is 5.88 Å². The molecular formula is C12H18N2O4S. The van der Waals surface area contributed by atoms with E-state index in [9.17, 15) is 4.79 Å². The van der Waals surface area contributed by atoms with Crippen molar-refractivity contribution in [2.75, 3.05) is 26.5 Å². The molecule has 0 saturated heterocycles. The van der Waals surface area contributed by atoms with E-state index in [1.807, 2.05) is 13.0 Å². The molecule has 1 aromatic heterocycles. The van der Waals surface area contributed by atoms with Crippen LogP contribution in [0.2, 0.25) is 0 Å². The van der Waals surface area contributed by atoms with Crippen LogP contribution in [0.15, 0.2) is 11.0 Å². The monoisotopic (exact) mass is 286 g/mol. The third-order valence-electron chi connectivity index (χ3n) is 2.35. The summed E-state index contributed by atoms with van der Waals surface area (Å²) in [4.78, 5) is 15.7. The van der Waals surface area contributed by atoms with Gasteiger partial charge >= 0.3 is 6.09 Å². The molecule has 0 aliphatic carbocycles. The van der Waals surface area contributed by atoms with Crippen LogP contribution < -0.4 is 14.8 Å². The standard InChI is InChI=1S/C12H18N2O4S/c1-4-19-10-7-9(17-2)8(14-11(10)18-3)5-6-13-12(15)16/h7,13H,4-6H2,1-3H3,(H,15,16). The van der Waals surface area contributed by atoms with Crippen molar-refractivity contribution in [3.8, 4) is 11.6 Å². The molecule has 106 valence electrons. The molecule has 0 saturated carbocycles. The van der Waals surface area contributed by atoms with Crippen molar-refractivity contribution >= 4 is 17.9 Å². The third-order valence-corrected chi connectivity index (χ3v) is 3.24. The highest BCUT2D eigenvalue weighted by Gasteiger charge is 2.13. The lowest BCUT2D eigenvalue weighted by atomic mass is 10.2. The van der Waals surface area contributed by atoms with Crippen molar-refractivity contribution in [3.05, 3.63) is 11.8 Å². The molecule has 1 amide bonds. The molecule has 7 heteroatoms. The number of thioether (sulfide) groups is 1. The summed E-state index contributed by atoms with van der Waals surface area (Å²) in [7, 11) is 3.13. The number of pyridine rings is 1. The number of amides is 1. The van der Waals surface area contributed by atoms with Gasteiger partial charge in [-0.05, 0) is 5.75 Å². The zero-order valence-electron chi connectivity index (χ0n) is 11.2. The Morgan fingerprint density at radius 1 is 1.47 bits per heavy atom. The number of hydrogen-bond donors (Lipinski definition) is 2. The Morgan fingerprint density at radius 3 is 2.74 bits per heavy atom. The van der Waals surface area contributed by atoms with Gasteiger partial charge in [-0.1, -0.05) is 6.92 Å². The van der Waals surface area contributed by atoms with E-state index in [-0.39, 0.29) is 6.54 Å². The molecule has 0 aliphatic rings. The lowest BCUT2D eigenvalue weighted by molar-refractivity contribution is 0.194. The Morgan fingerprint density at radius 2 is 2.21 bits per heavy atom. The zero-order chi connectivity index (χ0) is 14.3. The van der Waals surface area contributed by atoms with E-state index in [1.165, 1.54) is 0 Å². The van der Waals surface area contributed by atoms with Crippen LogP contribution in [0, 0.1) is 0 Å². The van der Waals surface area contributed by atoms with Crippen molar-refractivity contribution in [2.24, 2.45) is 0 Å². The molecule has 1 rings (SSSR count). The highest BCUT2D eigenvalue weighted by atomic mass is 32.2. The molecule has 0 atom stereocenters. The summed E-state index contributed by atoms with van der Waals surface area (Å²) in [5, 5.41) is 10.8. The number of hydrogen-bond acceptors (Lipinski definition) is 5. The van der Waals surface area contributed by atoms with Crippen molar-refractivity contribution in [1.29, 1.82) is 0 Å². The van der Waals surface area contributed by atoms with E-state index in [0.717, 1.165) is 10.6 Å². The maximum Gasteiger partial charge on any atom is 0.404 e. The summed E-state index contributed by atoms with van der Waals surface area (Å²) in [6.07, 6.45) is -0.604. The molecule has 1 heterocycles. The predicted octanol–water partition coefficient (Wildman–Crippen LogP) is 2.02. The molecule has 0 spiro atoms. The first-order valence-electron chi connectivity index (χ1n) is 5.83. The Bertz CT molecular complexity index is 440. The van der Waals surface area contributed by atoms with Gasteiger partial charge in [-0.3, -0.25) is 0 Å². The average molecular weight is 286 g/mol. The minimum atomic E-state index is -1.05. The molecule has 6 nitrogen and oxygen atoms in total. The zero-order valence-corrected chi connectivity index (χ0v) is 12.0. The number of carboxylic acid groups (broad SMARTS) is 1. The maximum atomic E-state index is 10.4. The number of nitrogens with zero attached hydrogens (tertiary/aromatic N) is 1. The van der Waals surface area contributed by atoms with Crippen molar-refractivity contribution in [2.45, 2.75) is 18.2 Å². The lowest BCUT2D eigenvalue weighted by Gasteiger charge is -2.13. The summed E-state index contributed by atoms with van der Waals surface area (Å²) < 4.78 is 10.5. The van der Waals surface area contributed by atoms with Gasteiger partial charge < -0.3 is 19.9 Å². The van der Waals surface area contributed by atoms with Crippen LogP contribution in [0.3, 0.4) is 0 Å². The number of aromatic nitrogens is 1. The van der Waals surface area contributed by atoms with Gasteiger partial charge in [-0.25, -0.2) is 9.78 Å². The highest BCUT2D eigenvalue weighted by Crippen LogP contribution is 2.32. The van der Waals surface area contributed by atoms with Gasteiger partial charge in [0.05, 0.1) is 24.8 Å². The molecule has 0 fully saturated rings. The molecule has 0 aromatic carbocycles. The Labute approximate surface area is 116 Å². The van der Waals surface area contributed by atoms with Crippen LogP contribution in [-0.4, -0.2) is 42.7 Å². The van der Waals surface area contributed by atoms with Gasteiger partial charge in [0.1, 0.15) is 5.75 Å². The van der Waals surface area contributed by atoms with E-state index < -0.39 is 6.09 Å². The minimum absolute atomic E-state index is 0.280. The molecule has 0 radical (unpaired) electrons. The second kappa shape index (κ2) is 7.73. The predicted molar refractivity (Wildman–Crippen MR) is 73.5 cm³/mol. The first kappa shape index (κ1) is 15.4. The molecular weight excluding hydrogens is 268 g/mol. The van der Waals surface area contributed by atoms with E-state index in [4.69, 9.17) is 14.6 Å². The second-order valence-electron chi connectivity index (χ2n) is 3.56. The first-order chi connectivity index (χ1) is 9.12. The topological polar surface area (TPSA) is 80.7 Å². The average Bonchev–Trinajstić information content (AvgIpc) is 2.39. The quantitative estimate of drug-likeness (QED) is 0.746. The number of methoxy groups -OCH3 is 2. The largest absolute Gasteiger partial charge is 0.495 e. The molecule has 0 bridgehead atoms. The molecule has 0 aliphatic heterocycles. The van der Waals surface area contributed by atoms with Crippen LogP contribution >= 0.6 is 11.8 Å². The van der Waals surface area contributed by atoms with Gasteiger partial charge in [0.15, 0.2) is 0 Å². The lowest BCUT2D eigenvalue weighted by Crippen LogP contribution is -2.23. The fourth-order valence-electron chi connectivity index (χ4n) is 1.55. The second-order valence-corrected chi connectivity index (χ2v) is 4.87. The smallest absolute Gasteiger partial charge is 0.404 e. The maximum absolute atomic E-state index is 10.4. The first-order valence-corrected chi connectivity index (χ1v) is 6.82. The van der Waals surface area contributed by atoms with Crippen LogP contribution in [0.4, 0.5) is 4.79 Å². The number of rotatable bonds is 7. The van der Waals surface area contributed by atoms with Crippen molar-refractivity contribution in [1.82, 2.24) is 10.3 Å². The van der Waals surface area contributed by atoms with Crippen LogP contribution in [-0.2, 0) is 6.42 Å². The summed E-state index contributed by atoms with van der Waals surface area (Å²) >= 11 is 1.62. The SMILES string of the molecule is CCSc1cc(OC)c(CCNC(=O)O)nc1OC. The van der Waals surface area contributed by atoms with E-state index in [2.05, 4.69) is 10.3 Å². The molecule has 2 N–H and O–H groups in total. The fraction of sp³-hybridized carbons (Fsp3) is 0.500. The normalized spacial score (nSPS) is 10.1. The Balaban J connectivity index is 2.92. The number of ether oxygens (including phenoxy) is 2. The summed E-state index contributed by atoms with van der Waals surface area (Å²) in [5.41, 5.74) is 0.675. The van der Waals surface area contributed by atoms with Crippen LogP contribution in [0.1, 0.15) is 12.6 Å². The third kappa shape index (κ3) is 4.51. The minimum Gasteiger partial charge on any atom is -0.495 e. The van der Waals surface area contributed by atoms with Crippen molar-refractivity contribution < 1.29 is 19.4 Å². The van der Waals surface area contributed by atoms with E-state index >= 15 is 0 Å². The fourth-order valence-corrected chi connectivity index (χ4v) is 2.30. The molecule has 19 heavy (non-hydrogen) atoms. The van der Waals surface area contributed by atoms with Gasteiger partial charge in [-0.15, -0.1) is 11.8 Å². The molecule has 0 unspecified atom stereocenters. The Kier molecular flexibility index (Phi) is 6.27. The van der Waals surface area contributed by atoms with Gasteiger partial charge in [0.25, 0.3) is 0 Å². The van der Waals surface area contributed by atoms with Crippen molar-refractivity contribution in [3.63, 3.8) is 0 Å². The number of carbonyl (C=O) groups is 1. The van der Waals surface area contributed by atoms with Gasteiger partial charge in [-0.2, -0.15) is 0 Å². The Hall–Kier alpha value is -1.63. The van der Waals surface area contributed by atoms with Crippen LogP contribution in [0.25, 0.3) is 0 Å². The summed E-state index contributed by atoms with van der Waals surface area (Å²) in [5.74, 6) is 2.09. The molecule has 1 aromatic rings. The number of nitrogens with one attached hydrogen (secondary N) is 1. The van der Waals surface area contributed by atoms with E-state index in [1.54, 1.807) is 26.0 Å².